The number of esters is 1. The molecule has 10 nitrogen and oxygen atoms in total. The Balaban J connectivity index is 2.70. The highest BCUT2D eigenvalue weighted by molar-refractivity contribution is 5.95. The lowest BCUT2D eigenvalue weighted by molar-refractivity contribution is -0.384. The molecular weight excluding hydrogens is 334 g/mol. The number of hydrogen-bond donors (Lipinski definition) is 2. The fourth-order valence-electron chi connectivity index (χ4n) is 1.85. The fraction of sp³-hybridized carbons (Fsp3) is 0.400. The summed E-state index contributed by atoms with van der Waals surface area (Å²) in [5.41, 5.74) is -0.497. The molecule has 1 atom stereocenters. The van der Waals surface area contributed by atoms with Crippen molar-refractivity contribution in [2.45, 2.75) is 19.9 Å². The number of nitrogens with zero attached hydrogens (tertiary/aromatic N) is 1. The molecule has 0 saturated carbocycles. The number of benzene rings is 1. The molecule has 1 aromatic rings. The summed E-state index contributed by atoms with van der Waals surface area (Å²) >= 11 is 0. The van der Waals surface area contributed by atoms with Gasteiger partial charge in [-0.15, -0.1) is 0 Å². The second kappa shape index (κ2) is 9.21. The molecule has 0 spiro atoms. The van der Waals surface area contributed by atoms with E-state index in [-0.39, 0.29) is 22.9 Å². The topological polar surface area (TPSA) is 137 Å². The van der Waals surface area contributed by atoms with Crippen LogP contribution in [-0.2, 0) is 14.3 Å². The molecule has 2 N–H and O–H groups in total. The molecule has 0 bridgehead atoms. The first-order chi connectivity index (χ1) is 11.8. The van der Waals surface area contributed by atoms with Crippen molar-refractivity contribution in [1.82, 2.24) is 10.6 Å². The normalized spacial score (nSPS) is 11.2. The van der Waals surface area contributed by atoms with E-state index in [1.807, 2.05) is 0 Å². The van der Waals surface area contributed by atoms with E-state index in [1.54, 1.807) is 6.92 Å². The van der Waals surface area contributed by atoms with E-state index in [9.17, 15) is 24.5 Å². The van der Waals surface area contributed by atoms with Crippen LogP contribution in [0.1, 0.15) is 24.2 Å². The van der Waals surface area contributed by atoms with Crippen molar-refractivity contribution in [1.29, 1.82) is 0 Å². The predicted octanol–water partition coefficient (Wildman–Crippen LogP) is 0.401. The number of ether oxygens (including phenoxy) is 2. The molecule has 0 fully saturated rings. The summed E-state index contributed by atoms with van der Waals surface area (Å²) in [5.74, 6) is -1.94. The van der Waals surface area contributed by atoms with Crippen LogP contribution in [0.15, 0.2) is 18.2 Å². The Bertz CT molecular complexity index is 675. The SMILES string of the molecule is CCNC(=O)[C@H](C)NC(=O)COC(=O)c1cc([N+](=O)[O-])ccc1OC. The number of non-ortho nitro benzene ring substituents is 1. The van der Waals surface area contributed by atoms with Crippen molar-refractivity contribution in [2.24, 2.45) is 0 Å². The van der Waals surface area contributed by atoms with Crippen molar-refractivity contribution < 1.29 is 28.8 Å². The van der Waals surface area contributed by atoms with Crippen molar-refractivity contribution in [3.63, 3.8) is 0 Å². The number of methoxy groups -OCH3 is 1. The zero-order chi connectivity index (χ0) is 19.0. The van der Waals surface area contributed by atoms with Crippen LogP contribution in [0.25, 0.3) is 0 Å². The van der Waals surface area contributed by atoms with Crippen LogP contribution < -0.4 is 15.4 Å². The highest BCUT2D eigenvalue weighted by Gasteiger charge is 2.21. The molecule has 25 heavy (non-hydrogen) atoms. The van der Waals surface area contributed by atoms with Crippen LogP contribution in [0.5, 0.6) is 5.75 Å². The van der Waals surface area contributed by atoms with Crippen LogP contribution >= 0.6 is 0 Å². The molecule has 0 unspecified atom stereocenters. The van der Waals surface area contributed by atoms with Gasteiger partial charge in [0.05, 0.1) is 12.0 Å². The van der Waals surface area contributed by atoms with Gasteiger partial charge in [-0.3, -0.25) is 19.7 Å². The number of carbonyl (C=O) groups excluding carboxylic acids is 3. The number of carbonyl (C=O) groups is 3. The lowest BCUT2D eigenvalue weighted by Gasteiger charge is -2.13. The lowest BCUT2D eigenvalue weighted by Crippen LogP contribution is -2.46. The Morgan fingerprint density at radius 3 is 2.56 bits per heavy atom. The molecule has 0 aliphatic carbocycles. The lowest BCUT2D eigenvalue weighted by atomic mass is 10.2. The van der Waals surface area contributed by atoms with E-state index >= 15 is 0 Å². The molecule has 2 amide bonds. The number of nitro benzene ring substituents is 1. The van der Waals surface area contributed by atoms with Crippen LogP contribution in [0.4, 0.5) is 5.69 Å². The van der Waals surface area contributed by atoms with Crippen LogP contribution in [0.2, 0.25) is 0 Å². The summed E-state index contributed by atoms with van der Waals surface area (Å²) in [6.07, 6.45) is 0. The van der Waals surface area contributed by atoms with E-state index in [0.717, 1.165) is 6.07 Å². The fourth-order valence-corrected chi connectivity index (χ4v) is 1.85. The van der Waals surface area contributed by atoms with Gasteiger partial charge in [0.25, 0.3) is 11.6 Å². The summed E-state index contributed by atoms with van der Waals surface area (Å²) in [5, 5.41) is 15.7. The van der Waals surface area contributed by atoms with Gasteiger partial charge in [0.2, 0.25) is 5.91 Å². The Kier molecular flexibility index (Phi) is 7.32. The summed E-state index contributed by atoms with van der Waals surface area (Å²) in [6, 6.07) is 2.64. The summed E-state index contributed by atoms with van der Waals surface area (Å²) in [4.78, 5) is 45.4. The minimum absolute atomic E-state index is 0.0756. The van der Waals surface area contributed by atoms with Crippen molar-refractivity contribution in [2.75, 3.05) is 20.3 Å². The average Bonchev–Trinajstić information content (AvgIpc) is 2.59. The van der Waals surface area contributed by atoms with E-state index in [2.05, 4.69) is 10.6 Å². The molecule has 1 aromatic carbocycles. The minimum atomic E-state index is -0.957. The predicted molar refractivity (Wildman–Crippen MR) is 86.2 cm³/mol. The first kappa shape index (κ1) is 19.9. The number of amides is 2. The third-order valence-corrected chi connectivity index (χ3v) is 3.07. The van der Waals surface area contributed by atoms with Gasteiger partial charge >= 0.3 is 5.97 Å². The number of rotatable bonds is 8. The molecule has 0 saturated heterocycles. The first-order valence-corrected chi connectivity index (χ1v) is 7.36. The maximum atomic E-state index is 12.0. The monoisotopic (exact) mass is 353 g/mol. The van der Waals surface area contributed by atoms with Gasteiger partial charge in [-0.25, -0.2) is 4.79 Å². The summed E-state index contributed by atoms with van der Waals surface area (Å²) in [7, 11) is 1.29. The molecule has 0 radical (unpaired) electrons. The minimum Gasteiger partial charge on any atom is -0.496 e. The van der Waals surface area contributed by atoms with Gasteiger partial charge in [0.15, 0.2) is 6.61 Å². The number of nitro groups is 1. The quantitative estimate of drug-likeness (QED) is 0.392. The Morgan fingerprint density at radius 2 is 2.00 bits per heavy atom. The summed E-state index contributed by atoms with van der Waals surface area (Å²) in [6.45, 7) is 2.99. The van der Waals surface area contributed by atoms with Gasteiger partial charge in [0.1, 0.15) is 17.4 Å². The Hall–Kier alpha value is -3.17. The van der Waals surface area contributed by atoms with Gasteiger partial charge in [-0.2, -0.15) is 0 Å². The largest absolute Gasteiger partial charge is 0.496 e. The molecular formula is C15H19N3O7. The van der Waals surface area contributed by atoms with E-state index in [4.69, 9.17) is 9.47 Å². The molecule has 136 valence electrons. The van der Waals surface area contributed by atoms with Crippen LogP contribution in [-0.4, -0.2) is 49.0 Å². The Labute approximate surface area is 143 Å². The Morgan fingerprint density at radius 1 is 1.32 bits per heavy atom. The number of hydrogen-bond acceptors (Lipinski definition) is 7. The second-order valence-electron chi connectivity index (χ2n) is 4.90. The van der Waals surface area contributed by atoms with Crippen LogP contribution in [0.3, 0.4) is 0 Å². The van der Waals surface area contributed by atoms with Crippen molar-refractivity contribution in [3.8, 4) is 5.75 Å². The van der Waals surface area contributed by atoms with E-state index in [0.29, 0.717) is 6.54 Å². The zero-order valence-corrected chi connectivity index (χ0v) is 14.0. The zero-order valence-electron chi connectivity index (χ0n) is 14.0. The standard InChI is InChI=1S/C15H19N3O7/c1-4-16-14(20)9(2)17-13(19)8-25-15(21)11-7-10(18(22)23)5-6-12(11)24-3/h5-7,9H,4,8H2,1-3H3,(H,16,20)(H,17,19)/t9-/m0/s1. The third kappa shape index (κ3) is 5.75. The molecule has 0 aliphatic heterocycles. The number of likely N-dealkylation sites (N-methyl/N-ethyl adjacent to an activating group) is 1. The molecule has 0 aliphatic rings. The highest BCUT2D eigenvalue weighted by atomic mass is 16.6. The average molecular weight is 353 g/mol. The third-order valence-electron chi connectivity index (χ3n) is 3.07. The first-order valence-electron chi connectivity index (χ1n) is 7.36. The van der Waals surface area contributed by atoms with Crippen molar-refractivity contribution in [3.05, 3.63) is 33.9 Å². The molecule has 10 heteroatoms. The smallest absolute Gasteiger partial charge is 0.342 e. The highest BCUT2D eigenvalue weighted by Crippen LogP contribution is 2.24. The maximum absolute atomic E-state index is 12.0. The number of nitrogens with one attached hydrogen (secondary N) is 2. The van der Waals surface area contributed by atoms with Gasteiger partial charge in [-0.05, 0) is 19.9 Å². The van der Waals surface area contributed by atoms with Gasteiger partial charge in [0, 0.05) is 18.7 Å². The summed E-state index contributed by atoms with van der Waals surface area (Å²) < 4.78 is 9.78. The van der Waals surface area contributed by atoms with Crippen LogP contribution in [0, 0.1) is 10.1 Å². The molecule has 1 rings (SSSR count). The van der Waals surface area contributed by atoms with E-state index in [1.165, 1.54) is 26.2 Å². The maximum Gasteiger partial charge on any atom is 0.342 e. The second-order valence-corrected chi connectivity index (χ2v) is 4.90. The molecule has 0 aromatic heterocycles. The van der Waals surface area contributed by atoms with Crippen molar-refractivity contribution >= 4 is 23.5 Å². The van der Waals surface area contributed by atoms with Gasteiger partial charge < -0.3 is 20.1 Å². The van der Waals surface area contributed by atoms with E-state index < -0.39 is 29.4 Å². The molecule has 0 heterocycles. The van der Waals surface area contributed by atoms with Gasteiger partial charge in [-0.1, -0.05) is 0 Å².